The maximum Gasteiger partial charge on any atom is 0.289 e. The first-order valence-corrected chi connectivity index (χ1v) is 6.40. The highest BCUT2D eigenvalue weighted by Gasteiger charge is 2.11. The lowest BCUT2D eigenvalue weighted by atomic mass is 10.3. The topological polar surface area (TPSA) is 70.4 Å². The Kier molecular flexibility index (Phi) is 4.72. The van der Waals surface area contributed by atoms with Gasteiger partial charge in [0, 0.05) is 38.8 Å². The van der Waals surface area contributed by atoms with Gasteiger partial charge < -0.3 is 20.1 Å². The number of hydrogen-bond donors (Lipinski definition) is 2. The van der Waals surface area contributed by atoms with E-state index in [-0.39, 0.29) is 11.7 Å². The zero-order valence-corrected chi connectivity index (χ0v) is 10.7. The van der Waals surface area contributed by atoms with Crippen molar-refractivity contribution >= 4 is 5.91 Å². The lowest BCUT2D eigenvalue weighted by molar-refractivity contribution is 0.0914. The Balaban J connectivity index is 1.61. The molecule has 2 rings (SSSR count). The lowest BCUT2D eigenvalue weighted by Crippen LogP contribution is -2.44. The van der Waals surface area contributed by atoms with Gasteiger partial charge in [-0.3, -0.25) is 4.79 Å². The van der Waals surface area contributed by atoms with E-state index in [4.69, 9.17) is 4.52 Å². The summed E-state index contributed by atoms with van der Waals surface area (Å²) in [6, 6.07) is 1.64. The van der Waals surface area contributed by atoms with E-state index in [0.717, 1.165) is 44.8 Å². The largest absolute Gasteiger partial charge is 0.351 e. The fraction of sp³-hybridized carbons (Fsp3) is 0.667. The van der Waals surface area contributed by atoms with Crippen LogP contribution in [0.2, 0.25) is 0 Å². The monoisotopic (exact) mass is 252 g/mol. The van der Waals surface area contributed by atoms with Gasteiger partial charge in [0.05, 0.1) is 5.69 Å². The summed E-state index contributed by atoms with van der Waals surface area (Å²) in [5.74, 6) is 0.102. The predicted molar refractivity (Wildman–Crippen MR) is 67.5 cm³/mol. The second-order valence-electron chi connectivity index (χ2n) is 4.53. The van der Waals surface area contributed by atoms with E-state index in [1.165, 1.54) is 0 Å². The molecule has 1 aromatic rings. The number of hydrogen-bond acceptors (Lipinski definition) is 5. The van der Waals surface area contributed by atoms with E-state index < -0.39 is 0 Å². The highest BCUT2D eigenvalue weighted by atomic mass is 16.5. The normalized spacial score (nSPS) is 16.7. The molecule has 2 N–H and O–H groups in total. The third kappa shape index (κ3) is 3.82. The summed E-state index contributed by atoms with van der Waals surface area (Å²) in [6.07, 6.45) is 0.957. The molecule has 1 aliphatic heterocycles. The van der Waals surface area contributed by atoms with Gasteiger partial charge in [0.2, 0.25) is 5.76 Å². The second-order valence-corrected chi connectivity index (χ2v) is 4.53. The van der Waals surface area contributed by atoms with Gasteiger partial charge in [0.25, 0.3) is 5.91 Å². The van der Waals surface area contributed by atoms with Crippen LogP contribution in [-0.2, 0) is 0 Å². The maximum absolute atomic E-state index is 11.6. The number of carbonyl (C=O) groups excluding carboxylic acids is 1. The van der Waals surface area contributed by atoms with Crippen molar-refractivity contribution in [2.24, 2.45) is 0 Å². The molecule has 0 radical (unpaired) electrons. The van der Waals surface area contributed by atoms with E-state index in [1.54, 1.807) is 13.0 Å². The minimum absolute atomic E-state index is 0.184. The van der Waals surface area contributed by atoms with Crippen LogP contribution in [0.5, 0.6) is 0 Å². The van der Waals surface area contributed by atoms with Gasteiger partial charge in [0.1, 0.15) is 0 Å². The van der Waals surface area contributed by atoms with E-state index >= 15 is 0 Å². The third-order valence-corrected chi connectivity index (χ3v) is 3.00. The van der Waals surface area contributed by atoms with Gasteiger partial charge >= 0.3 is 0 Å². The minimum Gasteiger partial charge on any atom is -0.351 e. The SMILES string of the molecule is Cc1cc(C(=O)NCCCN2CCNCC2)on1. The molecule has 6 heteroatoms. The van der Waals surface area contributed by atoms with Crippen LogP contribution in [0.3, 0.4) is 0 Å². The minimum atomic E-state index is -0.184. The van der Waals surface area contributed by atoms with Gasteiger partial charge in [0.15, 0.2) is 0 Å². The van der Waals surface area contributed by atoms with Crippen LogP contribution in [0, 0.1) is 6.92 Å². The van der Waals surface area contributed by atoms with Crippen LogP contribution in [0.1, 0.15) is 22.7 Å². The van der Waals surface area contributed by atoms with E-state index in [9.17, 15) is 4.79 Å². The molecule has 0 aromatic carbocycles. The first kappa shape index (κ1) is 13.0. The summed E-state index contributed by atoms with van der Waals surface area (Å²) in [6.45, 7) is 7.79. The fourth-order valence-corrected chi connectivity index (χ4v) is 2.00. The van der Waals surface area contributed by atoms with Crippen molar-refractivity contribution < 1.29 is 9.32 Å². The Morgan fingerprint density at radius 3 is 3.00 bits per heavy atom. The average Bonchev–Trinajstić information content (AvgIpc) is 2.82. The van der Waals surface area contributed by atoms with Gasteiger partial charge in [-0.05, 0) is 19.9 Å². The number of amides is 1. The Hall–Kier alpha value is -1.40. The van der Waals surface area contributed by atoms with Gasteiger partial charge in [-0.25, -0.2) is 0 Å². The predicted octanol–water partition coefficient (Wildman–Crippen LogP) is 0.00812. The van der Waals surface area contributed by atoms with Gasteiger partial charge in [-0.15, -0.1) is 0 Å². The smallest absolute Gasteiger partial charge is 0.289 e. The third-order valence-electron chi connectivity index (χ3n) is 3.00. The van der Waals surface area contributed by atoms with Crippen molar-refractivity contribution in [2.45, 2.75) is 13.3 Å². The quantitative estimate of drug-likeness (QED) is 0.722. The molecule has 0 saturated carbocycles. The Labute approximate surface area is 107 Å². The number of nitrogens with one attached hydrogen (secondary N) is 2. The molecule has 0 unspecified atom stereocenters. The van der Waals surface area contributed by atoms with Crippen molar-refractivity contribution in [3.63, 3.8) is 0 Å². The van der Waals surface area contributed by atoms with Crippen molar-refractivity contribution in [3.8, 4) is 0 Å². The number of carbonyl (C=O) groups is 1. The molecule has 6 nitrogen and oxygen atoms in total. The molecule has 0 bridgehead atoms. The molecule has 0 aliphatic carbocycles. The summed E-state index contributed by atoms with van der Waals surface area (Å²) < 4.78 is 4.89. The molecule has 18 heavy (non-hydrogen) atoms. The van der Waals surface area contributed by atoms with E-state index in [0.29, 0.717) is 6.54 Å². The van der Waals surface area contributed by atoms with Crippen molar-refractivity contribution in [3.05, 3.63) is 17.5 Å². The zero-order chi connectivity index (χ0) is 12.8. The molecule has 100 valence electrons. The van der Waals surface area contributed by atoms with Crippen LogP contribution in [0.4, 0.5) is 0 Å². The summed E-state index contributed by atoms with van der Waals surface area (Å²) in [4.78, 5) is 14.0. The Morgan fingerprint density at radius 2 is 2.33 bits per heavy atom. The number of piperazine rings is 1. The lowest BCUT2D eigenvalue weighted by Gasteiger charge is -2.26. The molecule has 2 heterocycles. The van der Waals surface area contributed by atoms with Gasteiger partial charge in [-0.2, -0.15) is 0 Å². The number of rotatable bonds is 5. The second kappa shape index (κ2) is 6.51. The average molecular weight is 252 g/mol. The van der Waals surface area contributed by atoms with E-state index in [1.807, 2.05) is 0 Å². The van der Waals surface area contributed by atoms with Crippen LogP contribution in [0.15, 0.2) is 10.6 Å². The molecule has 1 aromatic heterocycles. The Morgan fingerprint density at radius 1 is 1.56 bits per heavy atom. The Bertz CT molecular complexity index is 385. The first-order chi connectivity index (χ1) is 8.75. The van der Waals surface area contributed by atoms with Crippen LogP contribution in [-0.4, -0.2) is 55.2 Å². The molecule has 0 spiro atoms. The highest BCUT2D eigenvalue weighted by molar-refractivity contribution is 5.91. The maximum atomic E-state index is 11.6. The summed E-state index contributed by atoms with van der Waals surface area (Å²) in [5, 5.41) is 9.84. The summed E-state index contributed by atoms with van der Waals surface area (Å²) >= 11 is 0. The van der Waals surface area contributed by atoms with Crippen molar-refractivity contribution in [1.29, 1.82) is 0 Å². The molecule has 0 atom stereocenters. The standard InChI is InChI=1S/C12H20N4O2/c1-10-9-11(18-15-10)12(17)14-3-2-6-16-7-4-13-5-8-16/h9,13H,2-8H2,1H3,(H,14,17). The number of aryl methyl sites for hydroxylation is 1. The number of aromatic nitrogens is 1. The number of nitrogens with zero attached hydrogens (tertiary/aromatic N) is 2. The highest BCUT2D eigenvalue weighted by Crippen LogP contribution is 2.01. The summed E-state index contributed by atoms with van der Waals surface area (Å²) in [5.41, 5.74) is 0.723. The summed E-state index contributed by atoms with van der Waals surface area (Å²) in [7, 11) is 0. The van der Waals surface area contributed by atoms with Crippen LogP contribution in [0.25, 0.3) is 0 Å². The molecule has 1 saturated heterocycles. The van der Waals surface area contributed by atoms with Crippen LogP contribution >= 0.6 is 0 Å². The van der Waals surface area contributed by atoms with Gasteiger partial charge in [-0.1, -0.05) is 5.16 Å². The molecule has 1 amide bonds. The fourth-order valence-electron chi connectivity index (χ4n) is 2.00. The van der Waals surface area contributed by atoms with Crippen molar-refractivity contribution in [1.82, 2.24) is 20.7 Å². The molecule has 1 aliphatic rings. The molecular formula is C12H20N4O2. The van der Waals surface area contributed by atoms with E-state index in [2.05, 4.69) is 20.7 Å². The first-order valence-electron chi connectivity index (χ1n) is 6.40. The molecular weight excluding hydrogens is 232 g/mol. The van der Waals surface area contributed by atoms with Crippen LogP contribution < -0.4 is 10.6 Å². The van der Waals surface area contributed by atoms with Crippen molar-refractivity contribution in [2.75, 3.05) is 39.3 Å². The zero-order valence-electron chi connectivity index (χ0n) is 10.7. The molecule has 1 fully saturated rings.